The number of benzene rings is 1. The number of nitrogens with zero attached hydrogens (tertiary/aromatic N) is 2. The molecule has 1 heterocycles. The first-order chi connectivity index (χ1) is 23.6. The summed E-state index contributed by atoms with van der Waals surface area (Å²) in [6.07, 6.45) is 0.849. The smallest absolute Gasteiger partial charge is 0.326 e. The lowest BCUT2D eigenvalue weighted by atomic mass is 9.87. The SMILES string of the molecule is CCC(C)C(C(CC(=O)N1CCCC1C(OC)C(C)C(=O)NC(Cc1ccccc1)C(=O)O)OC)N(C)C(=O)CNC(=O)C(C)(NC)C(C)C. The van der Waals surface area contributed by atoms with Crippen molar-refractivity contribution in [3.8, 4) is 0 Å². The van der Waals surface area contributed by atoms with Gasteiger partial charge in [0, 0.05) is 34.2 Å². The molecule has 1 aromatic rings. The minimum Gasteiger partial charge on any atom is -0.480 e. The number of likely N-dealkylation sites (N-methyl/N-ethyl adjacent to an activating group) is 2. The van der Waals surface area contributed by atoms with Crippen LogP contribution < -0.4 is 16.0 Å². The topological polar surface area (TPSA) is 167 Å². The molecule has 1 aromatic carbocycles. The van der Waals surface area contributed by atoms with E-state index in [1.165, 1.54) is 14.2 Å². The fourth-order valence-electron chi connectivity index (χ4n) is 6.81. The number of carboxylic acid groups (broad SMARTS) is 1. The van der Waals surface area contributed by atoms with E-state index in [1.807, 2.05) is 58.0 Å². The van der Waals surface area contributed by atoms with Gasteiger partial charge in [-0.25, -0.2) is 4.79 Å². The van der Waals surface area contributed by atoms with Gasteiger partial charge in [0.25, 0.3) is 0 Å². The summed E-state index contributed by atoms with van der Waals surface area (Å²) >= 11 is 0. The van der Waals surface area contributed by atoms with Gasteiger partial charge in [-0.2, -0.15) is 0 Å². The number of nitrogens with one attached hydrogen (secondary N) is 3. The Balaban J connectivity index is 2.18. The molecule has 4 N–H and O–H groups in total. The first-order valence-electron chi connectivity index (χ1n) is 17.7. The summed E-state index contributed by atoms with van der Waals surface area (Å²) in [5, 5.41) is 18.3. The molecule has 0 radical (unpaired) electrons. The number of rotatable bonds is 20. The molecule has 282 valence electrons. The number of hydrogen-bond acceptors (Lipinski definition) is 8. The number of carbonyl (C=O) groups is 5. The maximum atomic E-state index is 14.0. The predicted molar refractivity (Wildman–Crippen MR) is 191 cm³/mol. The molecule has 8 atom stereocenters. The third-order valence-electron chi connectivity index (χ3n) is 10.7. The Morgan fingerprint density at radius 2 is 1.70 bits per heavy atom. The molecular weight excluding hydrogens is 642 g/mol. The Morgan fingerprint density at radius 1 is 1.06 bits per heavy atom. The van der Waals surface area contributed by atoms with Gasteiger partial charge in [-0.15, -0.1) is 0 Å². The number of aliphatic carboxylic acids is 1. The lowest BCUT2D eigenvalue weighted by Gasteiger charge is -2.39. The first-order valence-corrected chi connectivity index (χ1v) is 17.7. The summed E-state index contributed by atoms with van der Waals surface area (Å²) in [7, 11) is 6.40. The van der Waals surface area contributed by atoms with Gasteiger partial charge in [-0.3, -0.25) is 19.2 Å². The van der Waals surface area contributed by atoms with Gasteiger partial charge in [-0.1, -0.05) is 71.4 Å². The highest BCUT2D eigenvalue weighted by Crippen LogP contribution is 2.29. The summed E-state index contributed by atoms with van der Waals surface area (Å²) in [6, 6.07) is 7.09. The molecule has 0 spiro atoms. The largest absolute Gasteiger partial charge is 0.480 e. The minimum atomic E-state index is -1.14. The van der Waals surface area contributed by atoms with Crippen molar-refractivity contribution in [3.63, 3.8) is 0 Å². The van der Waals surface area contributed by atoms with E-state index in [-0.39, 0.29) is 48.9 Å². The molecular formula is C37H61N5O8. The van der Waals surface area contributed by atoms with Gasteiger partial charge in [0.15, 0.2) is 0 Å². The van der Waals surface area contributed by atoms with Gasteiger partial charge >= 0.3 is 5.97 Å². The van der Waals surface area contributed by atoms with Crippen LogP contribution in [0.1, 0.15) is 72.8 Å². The van der Waals surface area contributed by atoms with E-state index < -0.39 is 53.7 Å². The van der Waals surface area contributed by atoms with E-state index in [0.29, 0.717) is 19.4 Å². The molecule has 1 saturated heterocycles. The molecule has 13 nitrogen and oxygen atoms in total. The third-order valence-corrected chi connectivity index (χ3v) is 10.7. The number of ether oxygens (including phenoxy) is 2. The van der Waals surface area contributed by atoms with Crippen LogP contribution in [0.2, 0.25) is 0 Å². The Bertz CT molecular complexity index is 1280. The first kappa shape index (κ1) is 42.6. The third kappa shape index (κ3) is 10.7. The number of methoxy groups -OCH3 is 2. The summed E-state index contributed by atoms with van der Waals surface area (Å²) in [4.78, 5) is 69.1. The number of carbonyl (C=O) groups excluding carboxylic acids is 4. The second-order valence-electron chi connectivity index (χ2n) is 14.0. The van der Waals surface area contributed by atoms with Crippen molar-refractivity contribution in [2.75, 3.05) is 41.4 Å². The van der Waals surface area contributed by atoms with Gasteiger partial charge in [0.2, 0.25) is 23.6 Å². The van der Waals surface area contributed by atoms with Gasteiger partial charge in [0.1, 0.15) is 6.04 Å². The van der Waals surface area contributed by atoms with E-state index in [4.69, 9.17) is 9.47 Å². The van der Waals surface area contributed by atoms with Crippen LogP contribution in [-0.4, -0.2) is 122 Å². The number of likely N-dealkylation sites (tertiary alicyclic amines) is 1. The highest BCUT2D eigenvalue weighted by atomic mass is 16.5. The predicted octanol–water partition coefficient (Wildman–Crippen LogP) is 2.47. The minimum absolute atomic E-state index is 0.00760. The maximum absolute atomic E-state index is 14.0. The molecule has 4 amide bonds. The van der Waals surface area contributed by atoms with E-state index in [1.54, 1.807) is 37.7 Å². The van der Waals surface area contributed by atoms with Gasteiger partial charge < -0.3 is 40.3 Å². The second-order valence-corrected chi connectivity index (χ2v) is 14.0. The Kier molecular flexibility index (Phi) is 16.8. The monoisotopic (exact) mass is 703 g/mol. The average molecular weight is 704 g/mol. The van der Waals surface area contributed by atoms with Crippen LogP contribution in [0.4, 0.5) is 0 Å². The lowest BCUT2D eigenvalue weighted by Crippen LogP contribution is -2.59. The fraction of sp³-hybridized carbons (Fsp3) is 0.703. The molecule has 1 fully saturated rings. The maximum Gasteiger partial charge on any atom is 0.326 e. The fourth-order valence-corrected chi connectivity index (χ4v) is 6.81. The summed E-state index contributed by atoms with van der Waals surface area (Å²) in [5.74, 6) is -3.16. The van der Waals surface area contributed by atoms with Crippen LogP contribution in [0.15, 0.2) is 30.3 Å². The molecule has 8 unspecified atom stereocenters. The van der Waals surface area contributed by atoms with Crippen LogP contribution in [0, 0.1) is 17.8 Å². The number of hydrogen-bond donors (Lipinski definition) is 4. The number of carboxylic acids is 1. The number of amides is 4. The molecule has 0 aromatic heterocycles. The lowest BCUT2D eigenvalue weighted by molar-refractivity contribution is -0.147. The molecule has 2 rings (SSSR count). The van der Waals surface area contributed by atoms with E-state index in [2.05, 4.69) is 16.0 Å². The quantitative estimate of drug-likeness (QED) is 0.160. The van der Waals surface area contributed by atoms with Crippen LogP contribution in [-0.2, 0) is 39.9 Å². The second kappa shape index (κ2) is 19.7. The normalized spacial score (nSPS) is 19.4. The highest BCUT2D eigenvalue weighted by molar-refractivity contribution is 5.90. The Morgan fingerprint density at radius 3 is 2.22 bits per heavy atom. The zero-order valence-electron chi connectivity index (χ0n) is 31.7. The zero-order chi connectivity index (χ0) is 37.8. The van der Waals surface area contributed by atoms with Crippen molar-refractivity contribution in [2.45, 2.75) is 110 Å². The average Bonchev–Trinajstić information content (AvgIpc) is 3.59. The molecule has 1 aliphatic heterocycles. The van der Waals surface area contributed by atoms with Crippen molar-refractivity contribution in [3.05, 3.63) is 35.9 Å². The molecule has 0 aliphatic carbocycles. The van der Waals surface area contributed by atoms with Crippen LogP contribution in [0.5, 0.6) is 0 Å². The van der Waals surface area contributed by atoms with Crippen molar-refractivity contribution >= 4 is 29.6 Å². The summed E-state index contributed by atoms with van der Waals surface area (Å²) in [5.41, 5.74) is -0.0618. The van der Waals surface area contributed by atoms with Crippen LogP contribution >= 0.6 is 0 Å². The summed E-state index contributed by atoms with van der Waals surface area (Å²) < 4.78 is 11.7. The Hall–Kier alpha value is -3.55. The highest BCUT2D eigenvalue weighted by Gasteiger charge is 2.42. The standard InChI is InChI=1S/C37H61N5O8/c1-11-24(4)32(41(8)31(44)22-39-36(48)37(6,38-7)23(2)3)29(49-9)21-30(43)42-19-15-18-28(42)33(50-10)25(5)34(45)40-27(35(46)47)20-26-16-13-12-14-17-26/h12-14,16-17,23-25,27-29,32-33,38H,11,15,18-22H2,1-10H3,(H,39,48)(H,40,45)(H,46,47). The van der Waals surface area contributed by atoms with E-state index in [9.17, 15) is 29.1 Å². The van der Waals surface area contributed by atoms with Crippen molar-refractivity contribution in [2.24, 2.45) is 17.8 Å². The molecule has 0 bridgehead atoms. The Labute approximate surface area is 298 Å². The van der Waals surface area contributed by atoms with Crippen molar-refractivity contribution in [1.29, 1.82) is 0 Å². The zero-order valence-corrected chi connectivity index (χ0v) is 31.7. The summed E-state index contributed by atoms with van der Waals surface area (Å²) in [6.45, 7) is 11.6. The van der Waals surface area contributed by atoms with E-state index >= 15 is 0 Å². The van der Waals surface area contributed by atoms with Crippen molar-refractivity contribution in [1.82, 2.24) is 25.8 Å². The van der Waals surface area contributed by atoms with E-state index in [0.717, 1.165) is 12.0 Å². The molecule has 13 heteroatoms. The van der Waals surface area contributed by atoms with Crippen molar-refractivity contribution < 1.29 is 38.6 Å². The van der Waals surface area contributed by atoms with Crippen LogP contribution in [0.3, 0.4) is 0 Å². The van der Waals surface area contributed by atoms with Gasteiger partial charge in [0.05, 0.1) is 48.7 Å². The van der Waals surface area contributed by atoms with Crippen LogP contribution in [0.25, 0.3) is 0 Å². The molecule has 0 saturated carbocycles. The molecule has 50 heavy (non-hydrogen) atoms. The van der Waals surface area contributed by atoms with Gasteiger partial charge in [-0.05, 0) is 44.2 Å². The molecule has 1 aliphatic rings.